The third kappa shape index (κ3) is 6.18. The molecule has 0 bridgehead atoms. The number of hydrogen-bond acceptors (Lipinski definition) is 7. The van der Waals surface area contributed by atoms with E-state index < -0.39 is 6.04 Å². The summed E-state index contributed by atoms with van der Waals surface area (Å²) in [5.74, 6) is 0.356. The molecule has 3 aromatic rings. The van der Waals surface area contributed by atoms with Crippen LogP contribution >= 0.6 is 11.8 Å². The van der Waals surface area contributed by atoms with Gasteiger partial charge in [0.25, 0.3) is 5.91 Å². The summed E-state index contributed by atoms with van der Waals surface area (Å²) in [5.41, 5.74) is 3.13. The second kappa shape index (κ2) is 12.0. The summed E-state index contributed by atoms with van der Waals surface area (Å²) in [4.78, 5) is 49.4. The first-order valence-electron chi connectivity index (χ1n) is 12.5. The Hall–Kier alpha value is -4.44. The molecule has 5 rings (SSSR count). The lowest BCUT2D eigenvalue weighted by Gasteiger charge is -2.25. The lowest BCUT2D eigenvalue weighted by Crippen LogP contribution is -2.42. The van der Waals surface area contributed by atoms with Crippen molar-refractivity contribution in [2.24, 2.45) is 9.98 Å². The highest BCUT2D eigenvalue weighted by Crippen LogP contribution is 2.34. The van der Waals surface area contributed by atoms with Gasteiger partial charge in [0.2, 0.25) is 11.8 Å². The van der Waals surface area contributed by atoms with Crippen molar-refractivity contribution in [1.29, 1.82) is 0 Å². The van der Waals surface area contributed by atoms with E-state index >= 15 is 0 Å². The predicted octanol–water partition coefficient (Wildman–Crippen LogP) is 3.77. The molecule has 3 aromatic carbocycles. The number of rotatable bonds is 9. The molecule has 0 unspecified atom stereocenters. The van der Waals surface area contributed by atoms with Gasteiger partial charge in [0.15, 0.2) is 5.17 Å². The number of para-hydroxylation sites is 1. The summed E-state index contributed by atoms with van der Waals surface area (Å²) in [6, 6.07) is 23.4. The molecule has 0 saturated heterocycles. The molecule has 1 atom stereocenters. The van der Waals surface area contributed by atoms with Crippen molar-refractivity contribution in [3.8, 4) is 5.75 Å². The molecular weight excluding hydrogens is 514 g/mol. The Kier molecular flexibility index (Phi) is 8.02. The summed E-state index contributed by atoms with van der Waals surface area (Å²) in [6.07, 6.45) is 0.636. The molecule has 0 saturated carbocycles. The van der Waals surface area contributed by atoms with Gasteiger partial charge in [-0.2, -0.15) is 0 Å². The van der Waals surface area contributed by atoms with Gasteiger partial charge in [0, 0.05) is 17.8 Å². The monoisotopic (exact) mass is 541 g/mol. The molecular formula is C29H27N5O4S. The van der Waals surface area contributed by atoms with Gasteiger partial charge in [-0.25, -0.2) is 9.89 Å². The number of aliphatic imine (C=N–C) groups is 2. The summed E-state index contributed by atoms with van der Waals surface area (Å²) in [6.45, 7) is 0.471. The zero-order valence-electron chi connectivity index (χ0n) is 21.3. The van der Waals surface area contributed by atoms with Gasteiger partial charge >= 0.3 is 0 Å². The van der Waals surface area contributed by atoms with Crippen LogP contribution in [-0.4, -0.2) is 59.1 Å². The van der Waals surface area contributed by atoms with E-state index in [-0.39, 0.29) is 29.9 Å². The molecule has 0 aliphatic carbocycles. The van der Waals surface area contributed by atoms with Gasteiger partial charge in [-0.15, -0.1) is 0 Å². The number of benzene rings is 3. The van der Waals surface area contributed by atoms with Crippen molar-refractivity contribution in [3.63, 3.8) is 0 Å². The molecule has 0 aromatic heterocycles. The molecule has 2 N–H and O–H groups in total. The van der Waals surface area contributed by atoms with Crippen LogP contribution in [0.4, 0.5) is 11.4 Å². The van der Waals surface area contributed by atoms with Gasteiger partial charge in [0.05, 0.1) is 25.0 Å². The molecule has 0 fully saturated rings. The molecule has 0 radical (unpaired) electrons. The maximum absolute atomic E-state index is 13.4. The Morgan fingerprint density at radius 3 is 2.49 bits per heavy atom. The highest BCUT2D eigenvalue weighted by Gasteiger charge is 2.42. The van der Waals surface area contributed by atoms with Crippen LogP contribution in [0, 0.1) is 0 Å². The van der Waals surface area contributed by atoms with Crippen molar-refractivity contribution in [3.05, 3.63) is 90.0 Å². The molecule has 0 spiro atoms. The number of hydrogen-bond donors (Lipinski definition) is 2. The van der Waals surface area contributed by atoms with E-state index in [4.69, 9.17) is 4.74 Å². The normalized spacial score (nSPS) is 15.6. The second-order valence-electron chi connectivity index (χ2n) is 8.91. The number of nitrogens with one attached hydrogen (secondary N) is 2. The lowest BCUT2D eigenvalue weighted by molar-refractivity contribution is -0.128. The topological polar surface area (TPSA) is 112 Å². The van der Waals surface area contributed by atoms with Gasteiger partial charge < -0.3 is 15.4 Å². The van der Waals surface area contributed by atoms with Gasteiger partial charge in [-0.3, -0.25) is 19.4 Å². The van der Waals surface area contributed by atoms with Crippen molar-refractivity contribution < 1.29 is 19.1 Å². The zero-order valence-corrected chi connectivity index (χ0v) is 22.1. The van der Waals surface area contributed by atoms with Crippen LogP contribution in [0.15, 0.2) is 88.8 Å². The summed E-state index contributed by atoms with van der Waals surface area (Å²) in [5, 5.41) is 6.07. The molecule has 2 aliphatic heterocycles. The molecule has 9 nitrogen and oxygen atoms in total. The molecule has 2 heterocycles. The van der Waals surface area contributed by atoms with E-state index in [1.807, 2.05) is 54.6 Å². The highest BCUT2D eigenvalue weighted by molar-refractivity contribution is 8.14. The Morgan fingerprint density at radius 1 is 0.974 bits per heavy atom. The van der Waals surface area contributed by atoms with E-state index in [0.29, 0.717) is 46.7 Å². The van der Waals surface area contributed by atoms with Crippen LogP contribution in [-0.2, 0) is 20.8 Å². The first kappa shape index (κ1) is 26.2. The van der Waals surface area contributed by atoms with E-state index in [9.17, 15) is 14.4 Å². The van der Waals surface area contributed by atoms with Crippen LogP contribution < -0.4 is 15.4 Å². The van der Waals surface area contributed by atoms with Crippen molar-refractivity contribution in [1.82, 2.24) is 10.2 Å². The van der Waals surface area contributed by atoms with Crippen LogP contribution in [0.25, 0.3) is 0 Å². The Labute approximate surface area is 230 Å². The van der Waals surface area contributed by atoms with Gasteiger partial charge in [-0.05, 0) is 48.4 Å². The quantitative estimate of drug-likeness (QED) is 0.428. The van der Waals surface area contributed by atoms with E-state index in [2.05, 4.69) is 20.6 Å². The number of methoxy groups -OCH3 is 1. The number of ether oxygens (including phenoxy) is 1. The maximum Gasteiger partial charge on any atom is 0.259 e. The maximum atomic E-state index is 13.4. The zero-order chi connectivity index (χ0) is 27.2. The molecule has 3 amide bonds. The minimum Gasteiger partial charge on any atom is -0.497 e. The van der Waals surface area contributed by atoms with Crippen molar-refractivity contribution in [2.45, 2.75) is 18.9 Å². The molecule has 198 valence electrons. The first-order valence-corrected chi connectivity index (χ1v) is 13.5. The summed E-state index contributed by atoms with van der Waals surface area (Å²) in [7, 11) is 1.58. The van der Waals surface area contributed by atoms with Crippen molar-refractivity contribution in [2.75, 3.05) is 24.7 Å². The van der Waals surface area contributed by atoms with Gasteiger partial charge in [0.1, 0.15) is 17.6 Å². The van der Waals surface area contributed by atoms with E-state index in [1.54, 1.807) is 31.4 Å². The minimum absolute atomic E-state index is 0.0364. The number of nitrogens with zero attached hydrogens (tertiary/aromatic N) is 3. The highest BCUT2D eigenvalue weighted by atomic mass is 32.2. The van der Waals surface area contributed by atoms with Crippen LogP contribution in [0.2, 0.25) is 0 Å². The Balaban J connectivity index is 1.24. The van der Waals surface area contributed by atoms with Gasteiger partial charge in [-0.1, -0.05) is 54.2 Å². The second-order valence-corrected chi connectivity index (χ2v) is 9.85. The van der Waals surface area contributed by atoms with E-state index in [1.165, 1.54) is 4.90 Å². The number of anilines is 1. The lowest BCUT2D eigenvalue weighted by atomic mass is 10.1. The fourth-order valence-corrected chi connectivity index (χ4v) is 5.07. The van der Waals surface area contributed by atoms with Crippen molar-refractivity contribution >= 4 is 51.9 Å². The first-order chi connectivity index (χ1) is 19.0. The average Bonchev–Trinajstić information content (AvgIpc) is 3.28. The summed E-state index contributed by atoms with van der Waals surface area (Å²) >= 11 is 1.15. The number of thioether (sulfide) groups is 1. The fourth-order valence-electron chi connectivity index (χ4n) is 4.27. The largest absolute Gasteiger partial charge is 0.497 e. The van der Waals surface area contributed by atoms with Crippen LogP contribution in [0.3, 0.4) is 0 Å². The number of amidine groups is 2. The SMILES string of the molecule is COc1ccc(NC(=O)CSC2=Nc3ccccc3C3=N[C@@H](CC(=O)NCCc4ccccc4)C(=O)N23)cc1. The smallest absolute Gasteiger partial charge is 0.259 e. The number of carbonyl (C=O) groups excluding carboxylic acids is 3. The average molecular weight is 542 g/mol. The standard InChI is InChI=1S/C29H27N5O4S/c1-38-21-13-11-20(12-14-21)31-26(36)18-39-29-33-23-10-6-5-9-22(23)27-32-24(28(37)34(27)29)17-25(35)30-16-15-19-7-3-2-4-8-19/h2-14,24H,15-18H2,1H3,(H,30,35)(H,31,36)/t24-/m0/s1. The minimum atomic E-state index is -0.859. The third-order valence-corrected chi connectivity index (χ3v) is 7.15. The molecule has 39 heavy (non-hydrogen) atoms. The van der Waals surface area contributed by atoms with Crippen LogP contribution in [0.1, 0.15) is 17.5 Å². The molecule has 10 heteroatoms. The third-order valence-electron chi connectivity index (χ3n) is 6.21. The number of amides is 3. The molecule has 2 aliphatic rings. The predicted molar refractivity (Wildman–Crippen MR) is 153 cm³/mol. The fraction of sp³-hybridized carbons (Fsp3) is 0.207. The van der Waals surface area contributed by atoms with Crippen LogP contribution in [0.5, 0.6) is 5.75 Å². The number of carbonyl (C=O) groups is 3. The Bertz CT molecular complexity index is 1440. The summed E-state index contributed by atoms with van der Waals surface area (Å²) < 4.78 is 5.14. The number of fused-ring (bicyclic) bond motifs is 3. The Morgan fingerprint density at radius 2 is 1.72 bits per heavy atom. The van der Waals surface area contributed by atoms with E-state index in [0.717, 1.165) is 17.3 Å².